The van der Waals surface area contributed by atoms with Crippen molar-refractivity contribution in [2.45, 2.75) is 65.6 Å². The van der Waals surface area contributed by atoms with Crippen LogP contribution in [0.25, 0.3) is 0 Å². The quantitative estimate of drug-likeness (QED) is 0.280. The van der Waals surface area contributed by atoms with Crippen LogP contribution in [0.3, 0.4) is 0 Å². The summed E-state index contributed by atoms with van der Waals surface area (Å²) in [6.45, 7) is 15.4. The Labute approximate surface area is 135 Å². The lowest BCUT2D eigenvalue weighted by molar-refractivity contribution is -0.162. The largest absolute Gasteiger partial charge is 0.465 e. The Balaban J connectivity index is 4.47. The normalized spacial score (nSPS) is 12.4. The second-order valence-electron chi connectivity index (χ2n) is 6.81. The van der Waals surface area contributed by atoms with E-state index in [9.17, 15) is 9.59 Å². The minimum atomic E-state index is -1.79. The zero-order valence-corrected chi connectivity index (χ0v) is 16.2. The lowest BCUT2D eigenvalue weighted by Crippen LogP contribution is -2.41. The molecule has 0 bridgehead atoms. The van der Waals surface area contributed by atoms with E-state index in [0.29, 0.717) is 19.4 Å². The maximum absolute atomic E-state index is 11.9. The van der Waals surface area contributed by atoms with Gasteiger partial charge in [0.1, 0.15) is 0 Å². The highest BCUT2D eigenvalue weighted by Gasteiger charge is 2.37. The van der Waals surface area contributed by atoms with Crippen molar-refractivity contribution in [2.24, 2.45) is 5.92 Å². The molecule has 0 spiro atoms. The van der Waals surface area contributed by atoms with Gasteiger partial charge in [0.05, 0.1) is 13.2 Å². The fourth-order valence-corrected chi connectivity index (χ4v) is 2.74. The Morgan fingerprint density at radius 2 is 1.45 bits per heavy atom. The zero-order valence-electron chi connectivity index (χ0n) is 15.2. The molecule has 22 heavy (non-hydrogen) atoms. The van der Waals surface area contributed by atoms with Crippen LogP contribution in [0.5, 0.6) is 0 Å². The maximum atomic E-state index is 11.9. The first-order valence-electron chi connectivity index (χ1n) is 8.04. The molecule has 0 saturated heterocycles. The molecule has 0 unspecified atom stereocenters. The average Bonchev–Trinajstić information content (AvgIpc) is 2.37. The van der Waals surface area contributed by atoms with Crippen LogP contribution in [0.15, 0.2) is 0 Å². The monoisotopic (exact) mass is 332 g/mol. The highest BCUT2D eigenvalue weighted by molar-refractivity contribution is 6.74. The summed E-state index contributed by atoms with van der Waals surface area (Å²) < 4.78 is 16.0. The van der Waals surface area contributed by atoms with Crippen LogP contribution in [0, 0.1) is 5.92 Å². The van der Waals surface area contributed by atoms with Crippen molar-refractivity contribution < 1.29 is 23.5 Å². The molecule has 0 amide bonds. The molecular weight excluding hydrogens is 300 g/mol. The molecule has 0 aliphatic rings. The molecule has 0 rings (SSSR count). The first-order valence-corrected chi connectivity index (χ1v) is 10.9. The summed E-state index contributed by atoms with van der Waals surface area (Å²) in [7, 11) is -1.79. The Bertz CT molecular complexity index is 342. The number of carbonyl (C=O) groups is 2. The second kappa shape index (κ2) is 9.30. The van der Waals surface area contributed by atoms with Crippen molar-refractivity contribution in [3.8, 4) is 0 Å². The summed E-state index contributed by atoms with van der Waals surface area (Å²) >= 11 is 0. The third kappa shape index (κ3) is 6.92. The van der Waals surface area contributed by atoms with Crippen molar-refractivity contribution in [3.63, 3.8) is 0 Å². The number of rotatable bonds is 9. The molecule has 6 heteroatoms. The van der Waals surface area contributed by atoms with Crippen LogP contribution >= 0.6 is 0 Å². The van der Waals surface area contributed by atoms with Crippen molar-refractivity contribution in [1.82, 2.24) is 0 Å². The van der Waals surface area contributed by atoms with E-state index >= 15 is 0 Å². The summed E-state index contributed by atoms with van der Waals surface area (Å²) in [5, 5.41) is 0.148. The number of hydrogen-bond acceptors (Lipinski definition) is 5. The summed E-state index contributed by atoms with van der Waals surface area (Å²) in [4.78, 5) is 23.7. The molecule has 0 radical (unpaired) electrons. The van der Waals surface area contributed by atoms with Crippen LogP contribution in [0.2, 0.25) is 18.1 Å². The zero-order chi connectivity index (χ0) is 17.4. The van der Waals surface area contributed by atoms with Crippen molar-refractivity contribution >= 4 is 20.3 Å². The number of hydrogen-bond donors (Lipinski definition) is 0. The van der Waals surface area contributed by atoms with Crippen LogP contribution in [-0.4, -0.2) is 40.1 Å². The first kappa shape index (κ1) is 21.1. The van der Waals surface area contributed by atoms with Gasteiger partial charge in [-0.1, -0.05) is 20.8 Å². The minimum Gasteiger partial charge on any atom is -0.465 e. The SMILES string of the molecule is CCOC(=O)C(CCCO[Si](C)(C)C(C)(C)C)C(=O)OCC. The van der Waals surface area contributed by atoms with Gasteiger partial charge < -0.3 is 13.9 Å². The van der Waals surface area contributed by atoms with Gasteiger partial charge in [-0.2, -0.15) is 0 Å². The molecule has 0 atom stereocenters. The third-order valence-corrected chi connectivity index (χ3v) is 8.59. The van der Waals surface area contributed by atoms with Crippen molar-refractivity contribution in [2.75, 3.05) is 19.8 Å². The van der Waals surface area contributed by atoms with Crippen molar-refractivity contribution in [3.05, 3.63) is 0 Å². The lowest BCUT2D eigenvalue weighted by atomic mass is 10.0. The molecule has 0 aromatic heterocycles. The molecule has 0 aliphatic carbocycles. The summed E-state index contributed by atoms with van der Waals surface area (Å²) in [5.74, 6) is -1.86. The van der Waals surface area contributed by atoms with Gasteiger partial charge in [-0.3, -0.25) is 9.59 Å². The number of carbonyl (C=O) groups excluding carboxylic acids is 2. The fraction of sp³-hybridized carbons (Fsp3) is 0.875. The summed E-state index contributed by atoms with van der Waals surface area (Å²) in [5.41, 5.74) is 0. The summed E-state index contributed by atoms with van der Waals surface area (Å²) in [6.07, 6.45) is 1.03. The molecule has 0 saturated carbocycles. The van der Waals surface area contributed by atoms with Gasteiger partial charge in [0, 0.05) is 6.61 Å². The lowest BCUT2D eigenvalue weighted by Gasteiger charge is -2.36. The predicted octanol–water partition coefficient (Wildman–Crippen LogP) is 3.53. The van der Waals surface area contributed by atoms with E-state index in [-0.39, 0.29) is 18.3 Å². The first-order chi connectivity index (χ1) is 10.1. The van der Waals surface area contributed by atoms with Crippen LogP contribution in [0.1, 0.15) is 47.5 Å². The van der Waals surface area contributed by atoms with Crippen LogP contribution < -0.4 is 0 Å². The Hall–Kier alpha value is -0.883. The van der Waals surface area contributed by atoms with E-state index in [1.807, 2.05) is 0 Å². The minimum absolute atomic E-state index is 0.148. The highest BCUT2D eigenvalue weighted by Crippen LogP contribution is 2.36. The Morgan fingerprint density at radius 1 is 1.00 bits per heavy atom. The van der Waals surface area contributed by atoms with E-state index in [1.54, 1.807) is 13.8 Å². The predicted molar refractivity (Wildman–Crippen MR) is 89.1 cm³/mol. The average molecular weight is 333 g/mol. The Morgan fingerprint density at radius 3 is 1.82 bits per heavy atom. The molecule has 0 heterocycles. The molecule has 5 nitrogen and oxygen atoms in total. The van der Waals surface area contributed by atoms with Gasteiger partial charge in [0.15, 0.2) is 14.2 Å². The fourth-order valence-electron chi connectivity index (χ4n) is 1.65. The molecule has 0 N–H and O–H groups in total. The molecule has 130 valence electrons. The molecule has 0 fully saturated rings. The smallest absolute Gasteiger partial charge is 0.320 e. The van der Waals surface area contributed by atoms with E-state index in [0.717, 1.165) is 0 Å². The maximum Gasteiger partial charge on any atom is 0.320 e. The van der Waals surface area contributed by atoms with Gasteiger partial charge in [-0.25, -0.2) is 0 Å². The second-order valence-corrected chi connectivity index (χ2v) is 11.6. The number of esters is 2. The van der Waals surface area contributed by atoms with Gasteiger partial charge in [0.25, 0.3) is 0 Å². The molecule has 0 aliphatic heterocycles. The Kier molecular flexibility index (Phi) is 8.93. The van der Waals surface area contributed by atoms with Gasteiger partial charge in [-0.15, -0.1) is 0 Å². The van der Waals surface area contributed by atoms with E-state index < -0.39 is 26.2 Å². The molecule has 0 aromatic carbocycles. The van der Waals surface area contributed by atoms with Crippen molar-refractivity contribution in [1.29, 1.82) is 0 Å². The van der Waals surface area contributed by atoms with Gasteiger partial charge in [0.2, 0.25) is 0 Å². The van der Waals surface area contributed by atoms with E-state index in [2.05, 4.69) is 33.9 Å². The standard InChI is InChI=1S/C16H32O5Si/c1-8-19-14(17)13(15(18)20-9-2)11-10-12-21-22(6,7)16(3,4)5/h13H,8-12H2,1-7H3. The molecule has 0 aromatic rings. The van der Waals surface area contributed by atoms with Crippen LogP contribution in [0.4, 0.5) is 0 Å². The van der Waals surface area contributed by atoms with Gasteiger partial charge in [-0.05, 0) is 44.8 Å². The van der Waals surface area contributed by atoms with E-state index in [4.69, 9.17) is 13.9 Å². The highest BCUT2D eigenvalue weighted by atomic mass is 28.4. The third-order valence-electron chi connectivity index (χ3n) is 4.05. The number of ether oxygens (including phenoxy) is 2. The molecular formula is C16H32O5Si. The topological polar surface area (TPSA) is 61.8 Å². The summed E-state index contributed by atoms with van der Waals surface area (Å²) in [6, 6.07) is 0. The van der Waals surface area contributed by atoms with E-state index in [1.165, 1.54) is 0 Å². The van der Waals surface area contributed by atoms with Gasteiger partial charge >= 0.3 is 11.9 Å². The van der Waals surface area contributed by atoms with Crippen LogP contribution in [-0.2, 0) is 23.5 Å².